The molecule has 0 spiro atoms. The Balaban J connectivity index is 1.96. The summed E-state index contributed by atoms with van der Waals surface area (Å²) in [6.07, 6.45) is 0. The van der Waals surface area contributed by atoms with Gasteiger partial charge in [-0.1, -0.05) is 26.0 Å². The van der Waals surface area contributed by atoms with Gasteiger partial charge in [-0.25, -0.2) is 0 Å². The molecule has 0 radical (unpaired) electrons. The summed E-state index contributed by atoms with van der Waals surface area (Å²) in [5.74, 6) is 1.99. The maximum atomic E-state index is 5.85. The fraction of sp³-hybridized carbons (Fsp3) is 0.412. The molecule has 0 aliphatic rings. The summed E-state index contributed by atoms with van der Waals surface area (Å²) in [4.78, 5) is 2.20. The van der Waals surface area contributed by atoms with Crippen LogP contribution in [0.2, 0.25) is 0 Å². The third-order valence-electron chi connectivity index (χ3n) is 3.24. The average Bonchev–Trinajstić information content (AvgIpc) is 2.84. The molecule has 1 aromatic heterocycles. The molecule has 0 aliphatic carbocycles. The highest BCUT2D eigenvalue weighted by atomic mass is 16.3. The van der Waals surface area contributed by atoms with Crippen LogP contribution in [0.15, 0.2) is 40.8 Å². The summed E-state index contributed by atoms with van der Waals surface area (Å²) in [6, 6.07) is 13.1. The first-order valence-electron chi connectivity index (χ1n) is 7.13. The summed E-state index contributed by atoms with van der Waals surface area (Å²) in [5, 5.41) is 3.36. The van der Waals surface area contributed by atoms with Crippen molar-refractivity contribution < 1.29 is 4.42 Å². The van der Waals surface area contributed by atoms with Gasteiger partial charge in [0.2, 0.25) is 0 Å². The molecular formula is C17H24N2O. The van der Waals surface area contributed by atoms with Crippen molar-refractivity contribution in [2.45, 2.75) is 39.9 Å². The molecule has 2 rings (SSSR count). The Morgan fingerprint density at radius 3 is 2.60 bits per heavy atom. The Morgan fingerprint density at radius 2 is 1.90 bits per heavy atom. The van der Waals surface area contributed by atoms with Crippen LogP contribution in [0, 0.1) is 6.92 Å². The van der Waals surface area contributed by atoms with Gasteiger partial charge in [-0.2, -0.15) is 0 Å². The van der Waals surface area contributed by atoms with Crippen LogP contribution in [-0.4, -0.2) is 13.1 Å². The Bertz CT molecular complexity index is 545. The predicted molar refractivity (Wildman–Crippen MR) is 84.0 cm³/mol. The van der Waals surface area contributed by atoms with Gasteiger partial charge in [0.25, 0.3) is 0 Å². The van der Waals surface area contributed by atoms with Crippen molar-refractivity contribution in [3.8, 4) is 0 Å². The fourth-order valence-electron chi connectivity index (χ4n) is 2.10. The fourth-order valence-corrected chi connectivity index (χ4v) is 2.10. The van der Waals surface area contributed by atoms with Crippen LogP contribution in [0.4, 0.5) is 5.69 Å². The van der Waals surface area contributed by atoms with Crippen molar-refractivity contribution in [3.05, 3.63) is 53.5 Å². The SMILES string of the molecule is Cc1cccc(N(C)Cc2ccc(CNC(C)C)o2)c1. The number of hydrogen-bond acceptors (Lipinski definition) is 3. The lowest BCUT2D eigenvalue weighted by molar-refractivity contribution is 0.434. The van der Waals surface area contributed by atoms with Gasteiger partial charge in [0.1, 0.15) is 11.5 Å². The minimum atomic E-state index is 0.471. The van der Waals surface area contributed by atoms with Crippen molar-refractivity contribution in [3.63, 3.8) is 0 Å². The molecule has 0 saturated carbocycles. The zero-order valence-corrected chi connectivity index (χ0v) is 12.8. The molecule has 0 atom stereocenters. The number of nitrogens with one attached hydrogen (secondary N) is 1. The number of rotatable bonds is 6. The van der Waals surface area contributed by atoms with Gasteiger partial charge in [-0.3, -0.25) is 0 Å². The largest absolute Gasteiger partial charge is 0.463 e. The molecular weight excluding hydrogens is 248 g/mol. The van der Waals surface area contributed by atoms with E-state index in [0.29, 0.717) is 6.04 Å². The molecule has 3 nitrogen and oxygen atoms in total. The van der Waals surface area contributed by atoms with Gasteiger partial charge in [0.05, 0.1) is 13.1 Å². The van der Waals surface area contributed by atoms with Gasteiger partial charge in [0, 0.05) is 18.8 Å². The number of aryl methyl sites for hydroxylation is 1. The van der Waals surface area contributed by atoms with Crippen LogP contribution in [0.3, 0.4) is 0 Å². The number of benzene rings is 1. The lowest BCUT2D eigenvalue weighted by Crippen LogP contribution is -2.21. The van der Waals surface area contributed by atoms with Gasteiger partial charge in [-0.15, -0.1) is 0 Å². The summed E-state index contributed by atoms with van der Waals surface area (Å²) in [7, 11) is 2.09. The molecule has 0 amide bonds. The summed E-state index contributed by atoms with van der Waals surface area (Å²) < 4.78 is 5.85. The second kappa shape index (κ2) is 6.62. The first kappa shape index (κ1) is 14.7. The molecule has 20 heavy (non-hydrogen) atoms. The van der Waals surface area contributed by atoms with E-state index in [1.54, 1.807) is 0 Å². The minimum absolute atomic E-state index is 0.471. The van der Waals surface area contributed by atoms with Crippen LogP contribution < -0.4 is 10.2 Å². The van der Waals surface area contributed by atoms with E-state index < -0.39 is 0 Å². The standard InChI is InChI=1S/C17H24N2O/c1-13(2)18-11-16-8-9-17(20-16)12-19(4)15-7-5-6-14(3)10-15/h5-10,13,18H,11-12H2,1-4H3. The highest BCUT2D eigenvalue weighted by Gasteiger charge is 2.07. The maximum absolute atomic E-state index is 5.85. The highest BCUT2D eigenvalue weighted by Crippen LogP contribution is 2.18. The second-order valence-corrected chi connectivity index (χ2v) is 5.60. The van der Waals surface area contributed by atoms with Crippen molar-refractivity contribution >= 4 is 5.69 Å². The molecule has 0 fully saturated rings. The zero-order chi connectivity index (χ0) is 14.5. The molecule has 2 aromatic rings. The third kappa shape index (κ3) is 4.14. The molecule has 108 valence electrons. The van der Waals surface area contributed by atoms with E-state index >= 15 is 0 Å². The lowest BCUT2D eigenvalue weighted by atomic mass is 10.2. The normalized spacial score (nSPS) is 11.1. The number of hydrogen-bond donors (Lipinski definition) is 1. The molecule has 0 aliphatic heterocycles. The molecule has 1 heterocycles. The van der Waals surface area contributed by atoms with Crippen LogP contribution in [0.1, 0.15) is 30.9 Å². The maximum Gasteiger partial charge on any atom is 0.123 e. The van der Waals surface area contributed by atoms with Gasteiger partial charge in [0.15, 0.2) is 0 Å². The monoisotopic (exact) mass is 272 g/mol. The lowest BCUT2D eigenvalue weighted by Gasteiger charge is -2.18. The Morgan fingerprint density at radius 1 is 1.15 bits per heavy atom. The Hall–Kier alpha value is -1.74. The minimum Gasteiger partial charge on any atom is -0.463 e. The van der Waals surface area contributed by atoms with Crippen LogP contribution in [0.5, 0.6) is 0 Å². The molecule has 0 bridgehead atoms. The Labute approximate surface area is 121 Å². The third-order valence-corrected chi connectivity index (χ3v) is 3.24. The molecule has 3 heteroatoms. The molecule has 1 N–H and O–H groups in total. The number of furan rings is 1. The van der Waals surface area contributed by atoms with Gasteiger partial charge < -0.3 is 14.6 Å². The second-order valence-electron chi connectivity index (χ2n) is 5.60. The first-order chi connectivity index (χ1) is 9.54. The van der Waals surface area contributed by atoms with Gasteiger partial charge in [-0.05, 0) is 36.8 Å². The van der Waals surface area contributed by atoms with Crippen LogP contribution in [-0.2, 0) is 13.1 Å². The topological polar surface area (TPSA) is 28.4 Å². The molecule has 1 aromatic carbocycles. The predicted octanol–water partition coefficient (Wildman–Crippen LogP) is 3.72. The van der Waals surface area contributed by atoms with E-state index in [2.05, 4.69) is 74.4 Å². The van der Waals surface area contributed by atoms with Crippen LogP contribution in [0.25, 0.3) is 0 Å². The van der Waals surface area contributed by atoms with E-state index in [1.165, 1.54) is 11.3 Å². The first-order valence-corrected chi connectivity index (χ1v) is 7.13. The smallest absolute Gasteiger partial charge is 0.123 e. The van der Waals surface area contributed by atoms with Crippen LogP contribution >= 0.6 is 0 Å². The Kier molecular flexibility index (Phi) is 4.85. The van der Waals surface area contributed by atoms with Crippen molar-refractivity contribution in [1.29, 1.82) is 0 Å². The van der Waals surface area contributed by atoms with E-state index in [0.717, 1.165) is 24.6 Å². The van der Waals surface area contributed by atoms with Crippen molar-refractivity contribution in [2.75, 3.05) is 11.9 Å². The molecule has 0 saturated heterocycles. The summed E-state index contributed by atoms with van der Waals surface area (Å²) in [6.45, 7) is 7.95. The van der Waals surface area contributed by atoms with E-state index in [-0.39, 0.29) is 0 Å². The van der Waals surface area contributed by atoms with E-state index in [1.807, 2.05) is 0 Å². The van der Waals surface area contributed by atoms with E-state index in [9.17, 15) is 0 Å². The average molecular weight is 272 g/mol. The van der Waals surface area contributed by atoms with Crippen molar-refractivity contribution in [2.24, 2.45) is 0 Å². The number of anilines is 1. The summed E-state index contributed by atoms with van der Waals surface area (Å²) in [5.41, 5.74) is 2.49. The van der Waals surface area contributed by atoms with Crippen molar-refractivity contribution in [1.82, 2.24) is 5.32 Å². The van der Waals surface area contributed by atoms with E-state index in [4.69, 9.17) is 4.42 Å². The highest BCUT2D eigenvalue weighted by molar-refractivity contribution is 5.47. The summed E-state index contributed by atoms with van der Waals surface area (Å²) >= 11 is 0. The zero-order valence-electron chi connectivity index (χ0n) is 12.8. The van der Waals surface area contributed by atoms with Gasteiger partial charge >= 0.3 is 0 Å². The quantitative estimate of drug-likeness (QED) is 0.868. The molecule has 0 unspecified atom stereocenters. The number of nitrogens with zero attached hydrogens (tertiary/aromatic N) is 1.